The monoisotopic (exact) mass is 629 g/mol. The lowest BCUT2D eigenvalue weighted by Gasteiger charge is -2.43. The summed E-state index contributed by atoms with van der Waals surface area (Å²) < 4.78 is 23.3. The van der Waals surface area contributed by atoms with Gasteiger partial charge in [0.2, 0.25) is 0 Å². The highest BCUT2D eigenvalue weighted by Crippen LogP contribution is 2.37. The third-order valence-corrected chi connectivity index (χ3v) is 7.97. The zero-order valence-electron chi connectivity index (χ0n) is 23.5. The second kappa shape index (κ2) is 14.6. The van der Waals surface area contributed by atoms with Crippen molar-refractivity contribution in [2.45, 2.75) is 34.7 Å². The largest absolute Gasteiger partial charge is 0.459 e. The number of hydrogen-bond donors (Lipinski definition) is 1. The molecule has 1 saturated heterocycles. The van der Waals surface area contributed by atoms with Crippen LogP contribution in [-0.4, -0.2) is 64.4 Å². The molecule has 5 rings (SSSR count). The molecule has 4 aromatic rings. The van der Waals surface area contributed by atoms with Crippen molar-refractivity contribution in [3.05, 3.63) is 142 Å². The van der Waals surface area contributed by atoms with Gasteiger partial charge in [0.1, 0.15) is 24.3 Å². The Kier molecular flexibility index (Phi) is 10.2. The summed E-state index contributed by atoms with van der Waals surface area (Å²) in [7, 11) is 0. The molecule has 5 atom stereocenters. The molecule has 0 unspecified atom stereocenters. The van der Waals surface area contributed by atoms with E-state index in [-0.39, 0.29) is 22.4 Å². The fraction of sp³-hybridized carbons (Fsp3) is 0.182. The number of aliphatic hydroxyl groups is 1. The maximum atomic E-state index is 13.2. The number of esters is 3. The number of nitro groups is 1. The van der Waals surface area contributed by atoms with Gasteiger partial charge in [-0.15, -0.1) is 0 Å². The van der Waals surface area contributed by atoms with Gasteiger partial charge in [0.15, 0.2) is 12.2 Å². The summed E-state index contributed by atoms with van der Waals surface area (Å²) in [6.45, 7) is -0.427. The van der Waals surface area contributed by atoms with Gasteiger partial charge in [0.25, 0.3) is 5.69 Å². The molecule has 0 aromatic heterocycles. The number of rotatable bonds is 10. The number of nitro benzene ring substituents is 1. The summed E-state index contributed by atoms with van der Waals surface area (Å²) in [5.41, 5.74) is -0.599. The highest BCUT2D eigenvalue weighted by atomic mass is 32.2. The molecule has 0 bridgehead atoms. The molecule has 1 aliphatic heterocycles. The summed E-state index contributed by atoms with van der Waals surface area (Å²) in [5.74, 6) is -2.24. The van der Waals surface area contributed by atoms with E-state index in [2.05, 4.69) is 0 Å². The van der Waals surface area contributed by atoms with Gasteiger partial charge < -0.3 is 24.1 Å². The Balaban J connectivity index is 1.46. The third-order valence-electron chi connectivity index (χ3n) is 6.81. The average molecular weight is 630 g/mol. The fourth-order valence-corrected chi connectivity index (χ4v) is 5.58. The van der Waals surface area contributed by atoms with Crippen LogP contribution in [0.5, 0.6) is 0 Å². The van der Waals surface area contributed by atoms with Gasteiger partial charge in [0, 0.05) is 17.0 Å². The molecular formula is C33H27NO10S. The molecule has 1 N–H and O–H groups in total. The van der Waals surface area contributed by atoms with Crippen molar-refractivity contribution >= 4 is 35.4 Å². The smallest absolute Gasteiger partial charge is 0.338 e. The number of benzene rings is 4. The van der Waals surface area contributed by atoms with Crippen LogP contribution >= 0.6 is 11.8 Å². The average Bonchev–Trinajstić information content (AvgIpc) is 3.08. The van der Waals surface area contributed by atoms with E-state index in [1.54, 1.807) is 66.7 Å². The number of ether oxygens (including phenoxy) is 4. The lowest BCUT2D eigenvalue weighted by molar-refractivity contribution is -0.384. The highest BCUT2D eigenvalue weighted by molar-refractivity contribution is 7.99. The molecule has 1 fully saturated rings. The molecule has 1 heterocycles. The van der Waals surface area contributed by atoms with Crippen molar-refractivity contribution in [2.24, 2.45) is 0 Å². The van der Waals surface area contributed by atoms with Gasteiger partial charge in [-0.3, -0.25) is 10.1 Å². The standard InChI is InChI=1S/C33H27NO10S/c35-27-29(44-32(38)23-14-8-3-9-15-23)28(43-31(37)22-12-6-2-7-13-22)26(20-41-30(36)21-10-4-1-5-11-21)42-33(27)45-25-18-16-24(17-19-25)34(39)40/h1-19,26-29,33,35H,20H2/t26-,27-,28+,29-,33-/m1/s1. The molecule has 0 radical (unpaired) electrons. The Hall–Kier alpha value is -5.04. The van der Waals surface area contributed by atoms with E-state index in [0.29, 0.717) is 4.90 Å². The zero-order chi connectivity index (χ0) is 31.8. The minimum Gasteiger partial charge on any atom is -0.459 e. The van der Waals surface area contributed by atoms with Gasteiger partial charge in [-0.05, 0) is 48.5 Å². The second-order valence-corrected chi connectivity index (χ2v) is 11.0. The molecule has 230 valence electrons. The predicted molar refractivity (Wildman–Crippen MR) is 162 cm³/mol. The van der Waals surface area contributed by atoms with Crippen LogP contribution in [0.15, 0.2) is 120 Å². The lowest BCUT2D eigenvalue weighted by atomic mass is 9.99. The molecule has 11 nitrogen and oxygen atoms in total. The SMILES string of the molecule is O=C(OC[C@H]1O[C@H](Sc2ccc([N+](=O)[O-])cc2)[C@H](O)[C@@H](OC(=O)c2ccccc2)[C@H]1OC(=O)c1ccccc1)c1ccccc1. The van der Waals surface area contributed by atoms with E-state index in [1.165, 1.54) is 48.5 Å². The van der Waals surface area contributed by atoms with Crippen LogP contribution in [0.1, 0.15) is 31.1 Å². The molecule has 1 aliphatic rings. The Morgan fingerprint density at radius 3 is 1.67 bits per heavy atom. The Morgan fingerprint density at radius 1 is 0.711 bits per heavy atom. The normalized spacial score (nSPS) is 20.9. The molecule has 0 aliphatic carbocycles. The van der Waals surface area contributed by atoms with Crippen LogP contribution in [0.2, 0.25) is 0 Å². The molecule has 0 amide bonds. The first-order valence-corrected chi connectivity index (χ1v) is 14.7. The van der Waals surface area contributed by atoms with E-state index in [1.807, 2.05) is 0 Å². The molecule has 0 spiro atoms. The van der Waals surface area contributed by atoms with Gasteiger partial charge >= 0.3 is 17.9 Å². The third kappa shape index (κ3) is 7.92. The van der Waals surface area contributed by atoms with Crippen molar-refractivity contribution < 1.29 is 43.4 Å². The minimum atomic E-state index is -1.55. The second-order valence-electron chi connectivity index (χ2n) is 9.84. The number of hydrogen-bond acceptors (Lipinski definition) is 11. The maximum absolute atomic E-state index is 13.2. The van der Waals surface area contributed by atoms with Crippen LogP contribution in [0, 0.1) is 10.1 Å². The fourth-order valence-electron chi connectivity index (χ4n) is 4.53. The number of carbonyl (C=O) groups excluding carboxylic acids is 3. The first-order valence-electron chi connectivity index (χ1n) is 13.8. The summed E-state index contributed by atoms with van der Waals surface area (Å²) in [5, 5.41) is 22.6. The first kappa shape index (κ1) is 31.4. The Morgan fingerprint density at radius 2 is 1.18 bits per heavy atom. The van der Waals surface area contributed by atoms with Gasteiger partial charge in [0.05, 0.1) is 21.6 Å². The maximum Gasteiger partial charge on any atom is 0.338 e. The molecule has 4 aromatic carbocycles. The number of non-ortho nitro benzene ring substituents is 1. The highest BCUT2D eigenvalue weighted by Gasteiger charge is 2.50. The summed E-state index contributed by atoms with van der Waals surface area (Å²) in [4.78, 5) is 50.3. The topological polar surface area (TPSA) is 152 Å². The van der Waals surface area contributed by atoms with Crippen molar-refractivity contribution in [3.8, 4) is 0 Å². The first-order chi connectivity index (χ1) is 21.8. The Bertz CT molecular complexity index is 1620. The minimum absolute atomic E-state index is 0.127. The van der Waals surface area contributed by atoms with Crippen LogP contribution in [-0.2, 0) is 18.9 Å². The van der Waals surface area contributed by atoms with E-state index < -0.39 is 59.3 Å². The van der Waals surface area contributed by atoms with Crippen LogP contribution in [0.25, 0.3) is 0 Å². The van der Waals surface area contributed by atoms with Gasteiger partial charge in [-0.2, -0.15) is 0 Å². The van der Waals surface area contributed by atoms with E-state index in [9.17, 15) is 29.6 Å². The lowest BCUT2D eigenvalue weighted by Crippen LogP contribution is -2.60. The number of carbonyl (C=O) groups is 3. The zero-order valence-corrected chi connectivity index (χ0v) is 24.4. The van der Waals surface area contributed by atoms with Crippen molar-refractivity contribution in [1.82, 2.24) is 0 Å². The van der Waals surface area contributed by atoms with Crippen LogP contribution in [0.3, 0.4) is 0 Å². The van der Waals surface area contributed by atoms with Crippen molar-refractivity contribution in [2.75, 3.05) is 6.61 Å². The van der Waals surface area contributed by atoms with E-state index >= 15 is 0 Å². The predicted octanol–water partition coefficient (Wildman–Crippen LogP) is 5.08. The molecule has 0 saturated carbocycles. The van der Waals surface area contributed by atoms with Crippen molar-refractivity contribution in [1.29, 1.82) is 0 Å². The van der Waals surface area contributed by atoms with Gasteiger partial charge in [-0.1, -0.05) is 66.4 Å². The molecular weight excluding hydrogens is 602 g/mol. The van der Waals surface area contributed by atoms with E-state index in [0.717, 1.165) is 11.8 Å². The van der Waals surface area contributed by atoms with Crippen molar-refractivity contribution in [3.63, 3.8) is 0 Å². The van der Waals surface area contributed by atoms with E-state index in [4.69, 9.17) is 18.9 Å². The summed E-state index contributed by atoms with van der Waals surface area (Å²) in [6.07, 6.45) is -5.61. The van der Waals surface area contributed by atoms with Gasteiger partial charge in [-0.25, -0.2) is 14.4 Å². The Labute approximate surface area is 261 Å². The molecule has 12 heteroatoms. The molecule has 45 heavy (non-hydrogen) atoms. The summed E-state index contributed by atoms with van der Waals surface area (Å²) >= 11 is 1.00. The quantitative estimate of drug-likeness (QED) is 0.108. The number of thioether (sulfide) groups is 1. The summed E-state index contributed by atoms with van der Waals surface area (Å²) in [6, 6.07) is 29.9. The van der Waals surface area contributed by atoms with Crippen LogP contribution < -0.4 is 0 Å². The number of nitrogens with zero attached hydrogens (tertiary/aromatic N) is 1. The van der Waals surface area contributed by atoms with Crippen LogP contribution in [0.4, 0.5) is 5.69 Å². The number of aliphatic hydroxyl groups excluding tert-OH is 1.